The molecule has 0 amide bonds. The molecule has 0 aliphatic rings. The quantitative estimate of drug-likeness (QED) is 0.256. The van der Waals surface area contributed by atoms with Crippen LogP contribution in [0.5, 0.6) is 11.8 Å². The van der Waals surface area contributed by atoms with Crippen LogP contribution < -0.4 is 9.47 Å². The molecule has 0 aliphatic carbocycles. The molecule has 0 radical (unpaired) electrons. The minimum atomic E-state index is -0.865. The largest absolute Gasteiger partial charge is 0.474 e. The average Bonchev–Trinajstić information content (AvgIpc) is 3.26. The lowest BCUT2D eigenvalue weighted by Crippen LogP contribution is -2.21. The van der Waals surface area contributed by atoms with E-state index in [4.69, 9.17) is 18.9 Å². The highest BCUT2D eigenvalue weighted by atomic mass is 16.6. The third-order valence-electron chi connectivity index (χ3n) is 5.63. The standard InChI is InChI=1S/C29H30N2O6/c1-4-34-27(32)23-13-10-14-24-25(23)30-29(36-6-3)31(24)19-20-15-17-22(18-16-20)37-26(28(33)35-5-2)21-11-8-7-9-12-21/h7-18,26H,4-6,19H2,1-3H3. The molecule has 1 heterocycles. The van der Waals surface area contributed by atoms with Crippen molar-refractivity contribution in [3.8, 4) is 11.8 Å². The summed E-state index contributed by atoms with van der Waals surface area (Å²) in [6, 6.07) is 22.5. The molecule has 1 atom stereocenters. The Balaban J connectivity index is 1.60. The summed E-state index contributed by atoms with van der Waals surface area (Å²) in [5.74, 6) is -0.325. The van der Waals surface area contributed by atoms with Crippen LogP contribution in [0.15, 0.2) is 72.8 Å². The van der Waals surface area contributed by atoms with Gasteiger partial charge in [0.05, 0.1) is 37.4 Å². The predicted octanol–water partition coefficient (Wildman–Crippen LogP) is 5.34. The number of rotatable bonds is 11. The lowest BCUT2D eigenvalue weighted by Gasteiger charge is -2.18. The van der Waals surface area contributed by atoms with Crippen LogP contribution in [0.3, 0.4) is 0 Å². The van der Waals surface area contributed by atoms with Gasteiger partial charge in [0.15, 0.2) is 0 Å². The molecule has 3 aromatic carbocycles. The highest BCUT2D eigenvalue weighted by Crippen LogP contribution is 2.28. The number of nitrogens with zero attached hydrogens (tertiary/aromatic N) is 2. The molecule has 4 aromatic rings. The number of esters is 2. The van der Waals surface area contributed by atoms with Crippen molar-refractivity contribution in [2.45, 2.75) is 33.4 Å². The van der Waals surface area contributed by atoms with E-state index < -0.39 is 18.0 Å². The Labute approximate surface area is 215 Å². The van der Waals surface area contributed by atoms with Gasteiger partial charge in [0.1, 0.15) is 11.3 Å². The van der Waals surface area contributed by atoms with Gasteiger partial charge in [-0.1, -0.05) is 48.5 Å². The van der Waals surface area contributed by atoms with Gasteiger partial charge >= 0.3 is 11.9 Å². The SMILES string of the molecule is CCOC(=O)c1cccc2c1nc(OCC)n2Cc1ccc(OC(C(=O)OCC)c2ccccc2)cc1. The Bertz CT molecular complexity index is 1350. The first kappa shape index (κ1) is 25.8. The molecule has 0 fully saturated rings. The summed E-state index contributed by atoms with van der Waals surface area (Å²) in [4.78, 5) is 29.6. The van der Waals surface area contributed by atoms with Gasteiger partial charge in [-0.2, -0.15) is 4.98 Å². The number of ether oxygens (including phenoxy) is 4. The summed E-state index contributed by atoms with van der Waals surface area (Å²) in [6.45, 7) is 6.85. The fourth-order valence-electron chi connectivity index (χ4n) is 3.98. The van der Waals surface area contributed by atoms with E-state index in [1.165, 1.54) is 0 Å². The van der Waals surface area contributed by atoms with E-state index in [1.807, 2.05) is 72.2 Å². The molecule has 0 spiro atoms. The lowest BCUT2D eigenvalue weighted by atomic mass is 10.1. The van der Waals surface area contributed by atoms with E-state index in [2.05, 4.69) is 4.98 Å². The van der Waals surface area contributed by atoms with Crippen molar-refractivity contribution in [2.75, 3.05) is 19.8 Å². The number of imidazole rings is 1. The second kappa shape index (κ2) is 12.1. The van der Waals surface area contributed by atoms with Gasteiger partial charge in [-0.05, 0) is 50.6 Å². The van der Waals surface area contributed by atoms with Gasteiger partial charge in [0, 0.05) is 5.56 Å². The third kappa shape index (κ3) is 5.91. The van der Waals surface area contributed by atoms with Gasteiger partial charge in [0.25, 0.3) is 6.01 Å². The summed E-state index contributed by atoms with van der Waals surface area (Å²) in [6.07, 6.45) is -0.865. The van der Waals surface area contributed by atoms with Crippen molar-refractivity contribution >= 4 is 23.0 Å². The van der Waals surface area contributed by atoms with Crippen molar-refractivity contribution in [3.63, 3.8) is 0 Å². The van der Waals surface area contributed by atoms with Crippen LogP contribution in [0, 0.1) is 0 Å². The molecule has 0 aliphatic heterocycles. The maximum Gasteiger partial charge on any atom is 0.352 e. The van der Waals surface area contributed by atoms with Crippen LogP contribution in [-0.2, 0) is 20.8 Å². The van der Waals surface area contributed by atoms with E-state index in [0.717, 1.165) is 11.1 Å². The van der Waals surface area contributed by atoms with E-state index in [0.29, 0.717) is 41.6 Å². The highest BCUT2D eigenvalue weighted by Gasteiger charge is 2.24. The number of aromatic nitrogens is 2. The van der Waals surface area contributed by atoms with Gasteiger partial charge < -0.3 is 18.9 Å². The first-order valence-corrected chi connectivity index (χ1v) is 12.3. The minimum Gasteiger partial charge on any atom is -0.474 e. The second-order valence-electron chi connectivity index (χ2n) is 8.11. The van der Waals surface area contributed by atoms with Crippen LogP contribution in [0.25, 0.3) is 11.0 Å². The summed E-state index contributed by atoms with van der Waals surface area (Å²) < 4.78 is 24.2. The van der Waals surface area contributed by atoms with Gasteiger partial charge in [-0.25, -0.2) is 9.59 Å². The van der Waals surface area contributed by atoms with Crippen LogP contribution in [-0.4, -0.2) is 41.3 Å². The fourth-order valence-corrected chi connectivity index (χ4v) is 3.98. The zero-order chi connectivity index (χ0) is 26.2. The molecule has 1 unspecified atom stereocenters. The number of benzene rings is 3. The first-order valence-electron chi connectivity index (χ1n) is 12.3. The molecular formula is C29H30N2O6. The molecule has 4 rings (SSSR count). The van der Waals surface area contributed by atoms with Crippen molar-refractivity contribution < 1.29 is 28.5 Å². The number of carbonyl (C=O) groups excluding carboxylic acids is 2. The summed E-state index contributed by atoms with van der Waals surface area (Å²) in [5.41, 5.74) is 3.37. The Morgan fingerprint density at radius 3 is 2.24 bits per heavy atom. The monoisotopic (exact) mass is 502 g/mol. The van der Waals surface area contributed by atoms with Crippen molar-refractivity contribution in [1.29, 1.82) is 0 Å². The van der Waals surface area contributed by atoms with Crippen molar-refractivity contribution in [3.05, 3.63) is 89.5 Å². The van der Waals surface area contributed by atoms with Crippen molar-refractivity contribution in [2.24, 2.45) is 0 Å². The third-order valence-corrected chi connectivity index (χ3v) is 5.63. The Morgan fingerprint density at radius 2 is 1.57 bits per heavy atom. The molecule has 37 heavy (non-hydrogen) atoms. The zero-order valence-electron chi connectivity index (χ0n) is 21.2. The number of carbonyl (C=O) groups is 2. The Hall–Kier alpha value is -4.33. The molecule has 0 saturated heterocycles. The number of para-hydroxylation sites is 1. The Morgan fingerprint density at radius 1 is 0.838 bits per heavy atom. The first-order chi connectivity index (χ1) is 18.0. The van der Waals surface area contributed by atoms with E-state index in [1.54, 1.807) is 26.0 Å². The topological polar surface area (TPSA) is 88.9 Å². The molecule has 0 saturated carbocycles. The van der Waals surface area contributed by atoms with Gasteiger partial charge in [-0.15, -0.1) is 0 Å². The number of hydrogen-bond acceptors (Lipinski definition) is 7. The van der Waals surface area contributed by atoms with E-state index >= 15 is 0 Å². The number of fused-ring (bicyclic) bond motifs is 1. The second-order valence-corrected chi connectivity index (χ2v) is 8.11. The smallest absolute Gasteiger partial charge is 0.352 e. The maximum atomic E-state index is 12.6. The van der Waals surface area contributed by atoms with Crippen molar-refractivity contribution in [1.82, 2.24) is 9.55 Å². The summed E-state index contributed by atoms with van der Waals surface area (Å²) in [7, 11) is 0. The predicted molar refractivity (Wildman–Crippen MR) is 139 cm³/mol. The fraction of sp³-hybridized carbons (Fsp3) is 0.276. The van der Waals surface area contributed by atoms with Crippen LogP contribution >= 0.6 is 0 Å². The number of hydrogen-bond donors (Lipinski definition) is 0. The molecule has 1 aromatic heterocycles. The summed E-state index contributed by atoms with van der Waals surface area (Å²) >= 11 is 0. The minimum absolute atomic E-state index is 0.267. The van der Waals surface area contributed by atoms with Crippen LogP contribution in [0.1, 0.15) is 48.4 Å². The molecule has 192 valence electrons. The van der Waals surface area contributed by atoms with Gasteiger partial charge in [-0.3, -0.25) is 4.57 Å². The van der Waals surface area contributed by atoms with Crippen LogP contribution in [0.4, 0.5) is 0 Å². The molecule has 8 heteroatoms. The van der Waals surface area contributed by atoms with Crippen LogP contribution in [0.2, 0.25) is 0 Å². The Kier molecular flexibility index (Phi) is 8.40. The molecule has 8 nitrogen and oxygen atoms in total. The average molecular weight is 503 g/mol. The maximum absolute atomic E-state index is 12.6. The van der Waals surface area contributed by atoms with Gasteiger partial charge in [0.2, 0.25) is 6.10 Å². The molecule has 0 N–H and O–H groups in total. The molecule has 0 bridgehead atoms. The van der Waals surface area contributed by atoms with E-state index in [9.17, 15) is 9.59 Å². The summed E-state index contributed by atoms with van der Waals surface area (Å²) in [5, 5.41) is 0. The molecular weight excluding hydrogens is 472 g/mol. The van der Waals surface area contributed by atoms with E-state index in [-0.39, 0.29) is 13.2 Å². The zero-order valence-corrected chi connectivity index (χ0v) is 21.2. The lowest BCUT2D eigenvalue weighted by molar-refractivity contribution is -0.151. The normalized spacial score (nSPS) is 11.6. The highest BCUT2D eigenvalue weighted by molar-refractivity contribution is 6.02.